The first-order chi connectivity index (χ1) is 13.4. The van der Waals surface area contributed by atoms with Crippen molar-refractivity contribution in [2.24, 2.45) is 0 Å². The van der Waals surface area contributed by atoms with Gasteiger partial charge in [-0.2, -0.15) is 0 Å². The monoisotopic (exact) mass is 435 g/mol. The maximum absolute atomic E-state index is 12.9. The molecule has 8 heteroatoms. The largest absolute Gasteiger partial charge is 0.332 e. The van der Waals surface area contributed by atoms with Crippen LogP contribution in [0.3, 0.4) is 0 Å². The van der Waals surface area contributed by atoms with Gasteiger partial charge in [-0.15, -0.1) is 0 Å². The van der Waals surface area contributed by atoms with Gasteiger partial charge in [0.25, 0.3) is 0 Å². The molecule has 2 aromatic heterocycles. The minimum Gasteiger partial charge on any atom is -0.332 e. The number of carbonyl (C=O) groups is 1. The maximum atomic E-state index is 12.9. The summed E-state index contributed by atoms with van der Waals surface area (Å²) >= 11 is 13.3. The van der Waals surface area contributed by atoms with Gasteiger partial charge >= 0.3 is 4.87 Å². The molecule has 0 aliphatic carbocycles. The average Bonchev–Trinajstić information content (AvgIpc) is 3.01. The summed E-state index contributed by atoms with van der Waals surface area (Å²) < 4.78 is 1.63. The fourth-order valence-corrected chi connectivity index (χ4v) is 3.90. The molecule has 0 radical (unpaired) electrons. The number of thiazole rings is 1. The van der Waals surface area contributed by atoms with E-state index in [1.165, 1.54) is 0 Å². The van der Waals surface area contributed by atoms with E-state index in [-0.39, 0.29) is 17.2 Å². The number of rotatable bonds is 7. The Morgan fingerprint density at radius 2 is 2.00 bits per heavy atom. The van der Waals surface area contributed by atoms with Crippen molar-refractivity contribution in [3.8, 4) is 0 Å². The second-order valence-corrected chi connectivity index (χ2v) is 8.00. The molecule has 0 N–H and O–H groups in total. The summed E-state index contributed by atoms with van der Waals surface area (Å²) in [5, 5.41) is 2.72. The molecule has 0 spiro atoms. The van der Waals surface area contributed by atoms with E-state index in [1.807, 2.05) is 31.2 Å². The maximum Gasteiger partial charge on any atom is 0.307 e. The van der Waals surface area contributed by atoms with E-state index in [0.29, 0.717) is 29.7 Å². The zero-order valence-electron chi connectivity index (χ0n) is 15.3. The summed E-state index contributed by atoms with van der Waals surface area (Å²) in [5.74, 6) is -0.0609. The predicted molar refractivity (Wildman–Crippen MR) is 113 cm³/mol. The Morgan fingerprint density at radius 3 is 2.64 bits per heavy atom. The highest BCUT2D eigenvalue weighted by Gasteiger charge is 2.17. The van der Waals surface area contributed by atoms with Crippen LogP contribution in [0, 0.1) is 6.92 Å². The minimum absolute atomic E-state index is 0.0499. The molecular formula is C20H19Cl2N3O2S. The Balaban J connectivity index is 1.77. The van der Waals surface area contributed by atoms with Crippen molar-refractivity contribution in [2.75, 3.05) is 0 Å². The number of pyridine rings is 1. The van der Waals surface area contributed by atoms with E-state index in [1.54, 1.807) is 33.2 Å². The Bertz CT molecular complexity index is 1020. The molecule has 0 saturated heterocycles. The average molecular weight is 436 g/mol. The van der Waals surface area contributed by atoms with Gasteiger partial charge in [0, 0.05) is 36.8 Å². The zero-order valence-corrected chi connectivity index (χ0v) is 17.6. The topological polar surface area (TPSA) is 55.2 Å². The number of amides is 1. The van der Waals surface area contributed by atoms with Gasteiger partial charge in [0.15, 0.2) is 0 Å². The van der Waals surface area contributed by atoms with E-state index in [4.69, 9.17) is 23.2 Å². The number of aromatic nitrogens is 2. The van der Waals surface area contributed by atoms with Crippen LogP contribution in [-0.4, -0.2) is 20.4 Å². The lowest BCUT2D eigenvalue weighted by atomic mass is 10.2. The number of hydrogen-bond donors (Lipinski definition) is 0. The number of hydrogen-bond acceptors (Lipinski definition) is 4. The standard InChI is InChI=1S/C20H19Cl2N3O2S/c1-14-13-28-20(27)25(14)9-7-19(26)24(12-16-4-2-3-8-23-16)11-15-5-6-17(21)18(22)10-15/h2-6,8,10,13H,7,9,11-12H2,1H3. The van der Waals surface area contributed by atoms with Gasteiger partial charge in [-0.05, 0) is 36.8 Å². The number of nitrogens with zero attached hydrogens (tertiary/aromatic N) is 3. The van der Waals surface area contributed by atoms with Gasteiger partial charge < -0.3 is 9.47 Å². The Labute approximate surface area is 177 Å². The Kier molecular flexibility index (Phi) is 6.88. The molecule has 0 unspecified atom stereocenters. The van der Waals surface area contributed by atoms with Gasteiger partial charge in [-0.25, -0.2) is 0 Å². The lowest BCUT2D eigenvalue weighted by molar-refractivity contribution is -0.132. The molecular weight excluding hydrogens is 417 g/mol. The molecule has 2 heterocycles. The van der Waals surface area contributed by atoms with Crippen molar-refractivity contribution >= 4 is 40.4 Å². The summed E-state index contributed by atoms with van der Waals surface area (Å²) in [6.45, 7) is 2.97. The number of aryl methyl sites for hydroxylation is 1. The van der Waals surface area contributed by atoms with Crippen LogP contribution in [0.25, 0.3) is 0 Å². The third-order valence-electron chi connectivity index (χ3n) is 4.31. The molecule has 0 bridgehead atoms. The molecule has 1 amide bonds. The second-order valence-electron chi connectivity index (χ2n) is 6.36. The summed E-state index contributed by atoms with van der Waals surface area (Å²) in [4.78, 5) is 30.8. The quantitative estimate of drug-likeness (QED) is 0.547. The molecule has 5 nitrogen and oxygen atoms in total. The highest BCUT2D eigenvalue weighted by Crippen LogP contribution is 2.23. The van der Waals surface area contributed by atoms with Crippen molar-refractivity contribution < 1.29 is 4.79 Å². The van der Waals surface area contributed by atoms with Crippen LogP contribution in [-0.2, 0) is 24.4 Å². The molecule has 0 saturated carbocycles. The second kappa shape index (κ2) is 9.37. The lowest BCUT2D eigenvalue weighted by Crippen LogP contribution is -2.32. The first-order valence-electron chi connectivity index (χ1n) is 8.70. The Morgan fingerprint density at radius 1 is 1.18 bits per heavy atom. The van der Waals surface area contributed by atoms with Gasteiger partial charge in [0.05, 0.1) is 22.3 Å². The molecule has 28 heavy (non-hydrogen) atoms. The van der Waals surface area contributed by atoms with E-state index >= 15 is 0 Å². The van der Waals surface area contributed by atoms with Crippen LogP contribution in [0.1, 0.15) is 23.4 Å². The molecule has 0 fully saturated rings. The van der Waals surface area contributed by atoms with Crippen LogP contribution in [0.15, 0.2) is 52.8 Å². The van der Waals surface area contributed by atoms with E-state index in [9.17, 15) is 9.59 Å². The van der Waals surface area contributed by atoms with E-state index < -0.39 is 0 Å². The molecule has 146 valence electrons. The highest BCUT2D eigenvalue weighted by molar-refractivity contribution is 7.07. The highest BCUT2D eigenvalue weighted by atomic mass is 35.5. The number of carbonyl (C=O) groups excluding carboxylic acids is 1. The summed E-state index contributed by atoms with van der Waals surface area (Å²) in [6.07, 6.45) is 1.93. The van der Waals surface area contributed by atoms with Crippen LogP contribution in [0.4, 0.5) is 0 Å². The smallest absolute Gasteiger partial charge is 0.307 e. The summed E-state index contributed by atoms with van der Waals surface area (Å²) in [5.41, 5.74) is 2.53. The first-order valence-corrected chi connectivity index (χ1v) is 10.3. The van der Waals surface area contributed by atoms with Crippen molar-refractivity contribution in [1.82, 2.24) is 14.5 Å². The zero-order chi connectivity index (χ0) is 20.1. The SMILES string of the molecule is Cc1csc(=O)n1CCC(=O)N(Cc1ccc(Cl)c(Cl)c1)Cc1ccccn1. The molecule has 3 aromatic rings. The van der Waals surface area contributed by atoms with Gasteiger partial charge in [-0.3, -0.25) is 14.6 Å². The Hall–Kier alpha value is -2.15. The fourth-order valence-electron chi connectivity index (χ4n) is 2.82. The van der Waals surface area contributed by atoms with Crippen molar-refractivity contribution in [2.45, 2.75) is 33.0 Å². The van der Waals surface area contributed by atoms with E-state index in [0.717, 1.165) is 28.3 Å². The lowest BCUT2D eigenvalue weighted by Gasteiger charge is -2.23. The van der Waals surface area contributed by atoms with Crippen molar-refractivity contribution in [3.05, 3.63) is 84.6 Å². The molecule has 0 atom stereocenters. The van der Waals surface area contributed by atoms with Crippen LogP contribution in [0.5, 0.6) is 0 Å². The molecule has 1 aromatic carbocycles. The van der Waals surface area contributed by atoms with Gasteiger partial charge in [0.1, 0.15) is 0 Å². The normalized spacial score (nSPS) is 10.8. The minimum atomic E-state index is -0.0609. The summed E-state index contributed by atoms with van der Waals surface area (Å²) in [6, 6.07) is 10.9. The van der Waals surface area contributed by atoms with Crippen molar-refractivity contribution in [3.63, 3.8) is 0 Å². The predicted octanol–water partition coefficient (Wildman–Crippen LogP) is 4.54. The first kappa shape index (κ1) is 20.6. The number of benzene rings is 1. The third kappa shape index (κ3) is 5.22. The van der Waals surface area contributed by atoms with Crippen molar-refractivity contribution in [1.29, 1.82) is 0 Å². The third-order valence-corrected chi connectivity index (χ3v) is 5.93. The fraction of sp³-hybridized carbons (Fsp3) is 0.250. The number of halogens is 2. The molecule has 0 aliphatic heterocycles. The molecule has 3 rings (SSSR count). The van der Waals surface area contributed by atoms with Crippen LogP contribution in [0.2, 0.25) is 10.0 Å². The van der Waals surface area contributed by atoms with Crippen LogP contribution < -0.4 is 4.87 Å². The molecule has 0 aliphatic rings. The summed E-state index contributed by atoms with van der Waals surface area (Å²) in [7, 11) is 0. The van der Waals surface area contributed by atoms with E-state index in [2.05, 4.69) is 4.98 Å². The van der Waals surface area contributed by atoms with Gasteiger partial charge in [0.2, 0.25) is 5.91 Å². The van der Waals surface area contributed by atoms with Gasteiger partial charge in [-0.1, -0.05) is 46.7 Å². The van der Waals surface area contributed by atoms with Crippen LogP contribution >= 0.6 is 34.5 Å².